The number of urea groups is 1. The van der Waals surface area contributed by atoms with Gasteiger partial charge in [-0.3, -0.25) is 14.5 Å². The Hall–Kier alpha value is -3.50. The molecule has 4 amide bonds. The highest BCUT2D eigenvalue weighted by Gasteiger charge is 2.37. The summed E-state index contributed by atoms with van der Waals surface area (Å²) in [6, 6.07) is 4.36. The summed E-state index contributed by atoms with van der Waals surface area (Å²) >= 11 is 0. The first-order valence-corrected chi connectivity index (χ1v) is 8.60. The molecule has 1 aliphatic heterocycles. The van der Waals surface area contributed by atoms with Gasteiger partial charge in [-0.15, -0.1) is 5.10 Å². The van der Waals surface area contributed by atoms with Crippen molar-refractivity contribution in [1.82, 2.24) is 25.2 Å². The molecular weight excluding hydrogens is 371 g/mol. The topological polar surface area (TPSA) is 132 Å². The minimum absolute atomic E-state index is 0.113. The lowest BCUT2D eigenvalue weighted by molar-refractivity contribution is -0.127. The summed E-state index contributed by atoms with van der Waals surface area (Å²) in [4.78, 5) is 36.5. The Balaban J connectivity index is 1.47. The van der Waals surface area contributed by atoms with Gasteiger partial charge in [-0.25, -0.2) is 13.9 Å². The summed E-state index contributed by atoms with van der Waals surface area (Å²) < 4.78 is 19.6. The number of rotatable bonds is 9. The lowest BCUT2D eigenvalue weighted by Crippen LogP contribution is -2.33. The summed E-state index contributed by atoms with van der Waals surface area (Å²) in [5.74, 6) is -0.769. The van der Waals surface area contributed by atoms with Crippen LogP contribution in [0.15, 0.2) is 30.5 Å². The number of nitrogens with zero attached hydrogens (tertiary/aromatic N) is 4. The van der Waals surface area contributed by atoms with Gasteiger partial charge < -0.3 is 15.8 Å². The third-order valence-corrected chi connectivity index (χ3v) is 4.03. The molecule has 0 saturated carbocycles. The molecule has 0 bridgehead atoms. The largest absolute Gasteiger partial charge is 0.494 e. The molecule has 1 saturated heterocycles. The fourth-order valence-corrected chi connectivity index (χ4v) is 2.75. The molecule has 0 aliphatic carbocycles. The van der Waals surface area contributed by atoms with Crippen molar-refractivity contribution in [2.45, 2.75) is 25.4 Å². The number of hydrogen-bond acceptors (Lipinski definition) is 6. The van der Waals surface area contributed by atoms with Crippen molar-refractivity contribution in [3.05, 3.63) is 42.0 Å². The molecule has 10 nitrogen and oxygen atoms in total. The second-order valence-electron chi connectivity index (χ2n) is 6.23. The van der Waals surface area contributed by atoms with E-state index >= 15 is 0 Å². The van der Waals surface area contributed by atoms with Gasteiger partial charge in [0.2, 0.25) is 5.91 Å². The van der Waals surface area contributed by atoms with Crippen molar-refractivity contribution in [2.24, 2.45) is 5.73 Å². The van der Waals surface area contributed by atoms with E-state index in [1.54, 1.807) is 0 Å². The van der Waals surface area contributed by atoms with E-state index in [9.17, 15) is 18.8 Å². The number of nitrogens with one attached hydrogen (secondary N) is 1. The standard InChI is InChI=1S/C17H19FN6O4/c18-11-2-4-13(5-3-11)28-7-1-6-24-16(26)14(20-17(24)27)8-12-9-23(22-21-12)10-15(19)25/h2-5,9,14H,1,6-8,10H2,(H2,19,25)(H,20,27). The van der Waals surface area contributed by atoms with E-state index in [2.05, 4.69) is 15.6 Å². The van der Waals surface area contributed by atoms with Crippen molar-refractivity contribution < 1.29 is 23.5 Å². The van der Waals surface area contributed by atoms with Crippen molar-refractivity contribution in [1.29, 1.82) is 0 Å². The second-order valence-corrected chi connectivity index (χ2v) is 6.23. The van der Waals surface area contributed by atoms with Crippen molar-refractivity contribution in [2.75, 3.05) is 13.2 Å². The van der Waals surface area contributed by atoms with Gasteiger partial charge in [0.15, 0.2) is 0 Å². The van der Waals surface area contributed by atoms with Crippen LogP contribution in [-0.2, 0) is 22.6 Å². The summed E-state index contributed by atoms with van der Waals surface area (Å²) in [6.45, 7) is 0.351. The number of benzene rings is 1. The highest BCUT2D eigenvalue weighted by molar-refractivity contribution is 6.04. The van der Waals surface area contributed by atoms with E-state index in [1.165, 1.54) is 35.1 Å². The van der Waals surface area contributed by atoms with E-state index < -0.39 is 18.0 Å². The molecule has 28 heavy (non-hydrogen) atoms. The molecule has 1 atom stereocenters. The third-order valence-electron chi connectivity index (χ3n) is 4.03. The van der Waals surface area contributed by atoms with E-state index in [-0.39, 0.29) is 37.8 Å². The minimum atomic E-state index is -0.746. The lowest BCUT2D eigenvalue weighted by Gasteiger charge is -2.13. The molecule has 1 fully saturated rings. The predicted octanol–water partition coefficient (Wildman–Crippen LogP) is -0.166. The molecule has 1 aromatic carbocycles. The molecule has 1 aromatic heterocycles. The summed E-state index contributed by atoms with van der Waals surface area (Å²) in [7, 11) is 0. The van der Waals surface area contributed by atoms with Crippen LogP contribution in [0.4, 0.5) is 9.18 Å². The number of primary amides is 1. The molecular formula is C17H19FN6O4. The number of carbonyl (C=O) groups is 3. The van der Waals surface area contributed by atoms with Crippen LogP contribution in [0.5, 0.6) is 5.75 Å². The van der Waals surface area contributed by atoms with Crippen LogP contribution in [0.2, 0.25) is 0 Å². The number of carbonyl (C=O) groups excluding carboxylic acids is 3. The first kappa shape index (κ1) is 19.3. The second kappa shape index (κ2) is 8.46. The number of amides is 4. The number of imide groups is 1. The lowest BCUT2D eigenvalue weighted by atomic mass is 10.1. The van der Waals surface area contributed by atoms with E-state index in [4.69, 9.17) is 10.5 Å². The van der Waals surface area contributed by atoms with Gasteiger partial charge in [0.25, 0.3) is 5.91 Å². The van der Waals surface area contributed by atoms with Gasteiger partial charge in [-0.1, -0.05) is 5.21 Å². The Kier molecular flexibility index (Phi) is 5.82. The van der Waals surface area contributed by atoms with Gasteiger partial charge in [-0.2, -0.15) is 0 Å². The van der Waals surface area contributed by atoms with Crippen molar-refractivity contribution >= 4 is 17.8 Å². The van der Waals surface area contributed by atoms with Gasteiger partial charge in [0.05, 0.1) is 12.3 Å². The SMILES string of the molecule is NC(=O)Cn1cc(CC2NC(=O)N(CCCOc3ccc(F)cc3)C2=O)nn1. The molecule has 0 spiro atoms. The van der Waals surface area contributed by atoms with Crippen LogP contribution < -0.4 is 15.8 Å². The minimum Gasteiger partial charge on any atom is -0.494 e. The Bertz CT molecular complexity index is 869. The average molecular weight is 390 g/mol. The molecule has 0 radical (unpaired) electrons. The van der Waals surface area contributed by atoms with Crippen LogP contribution in [0.25, 0.3) is 0 Å². The smallest absolute Gasteiger partial charge is 0.324 e. The maximum absolute atomic E-state index is 12.8. The van der Waals surface area contributed by atoms with E-state index in [0.29, 0.717) is 17.9 Å². The normalized spacial score (nSPS) is 16.3. The van der Waals surface area contributed by atoms with Crippen LogP contribution in [0, 0.1) is 5.82 Å². The van der Waals surface area contributed by atoms with Gasteiger partial charge in [0.1, 0.15) is 24.2 Å². The fourth-order valence-electron chi connectivity index (χ4n) is 2.75. The molecule has 2 heterocycles. The zero-order valence-electron chi connectivity index (χ0n) is 14.9. The Morgan fingerprint density at radius 2 is 2.04 bits per heavy atom. The summed E-state index contributed by atoms with van der Waals surface area (Å²) in [5, 5.41) is 10.2. The highest BCUT2D eigenvalue weighted by atomic mass is 19.1. The molecule has 1 aliphatic rings. The van der Waals surface area contributed by atoms with Crippen LogP contribution >= 0.6 is 0 Å². The summed E-state index contributed by atoms with van der Waals surface area (Å²) in [5.41, 5.74) is 5.54. The zero-order chi connectivity index (χ0) is 20.1. The molecule has 148 valence electrons. The van der Waals surface area contributed by atoms with Gasteiger partial charge in [-0.05, 0) is 30.7 Å². The number of hydrogen-bond donors (Lipinski definition) is 2. The average Bonchev–Trinajstić information content (AvgIpc) is 3.18. The first-order chi connectivity index (χ1) is 13.4. The predicted molar refractivity (Wildman–Crippen MR) is 93.5 cm³/mol. The van der Waals surface area contributed by atoms with Crippen molar-refractivity contribution in [3.8, 4) is 5.75 Å². The molecule has 3 N–H and O–H groups in total. The monoisotopic (exact) mass is 390 g/mol. The van der Waals surface area contributed by atoms with E-state index in [1.807, 2.05) is 0 Å². The van der Waals surface area contributed by atoms with Crippen molar-refractivity contribution in [3.63, 3.8) is 0 Å². The maximum atomic E-state index is 12.8. The molecule has 1 unspecified atom stereocenters. The third kappa shape index (κ3) is 4.81. The maximum Gasteiger partial charge on any atom is 0.324 e. The number of aromatic nitrogens is 3. The van der Waals surface area contributed by atoms with Crippen LogP contribution in [0.1, 0.15) is 12.1 Å². The quantitative estimate of drug-likeness (QED) is 0.451. The van der Waals surface area contributed by atoms with Gasteiger partial charge in [0, 0.05) is 19.2 Å². The Morgan fingerprint density at radius 1 is 1.29 bits per heavy atom. The molecule has 2 aromatic rings. The number of nitrogens with two attached hydrogens (primary N) is 1. The first-order valence-electron chi connectivity index (χ1n) is 8.60. The van der Waals surface area contributed by atoms with E-state index in [0.717, 1.165) is 4.90 Å². The Morgan fingerprint density at radius 3 is 2.75 bits per heavy atom. The van der Waals surface area contributed by atoms with Gasteiger partial charge >= 0.3 is 6.03 Å². The van der Waals surface area contributed by atoms with Crippen LogP contribution in [0.3, 0.4) is 0 Å². The Labute approximate surface area is 159 Å². The van der Waals surface area contributed by atoms with Crippen LogP contribution in [-0.4, -0.2) is 56.9 Å². The number of halogens is 1. The molecule has 3 rings (SSSR count). The number of ether oxygens (including phenoxy) is 1. The molecule has 11 heteroatoms. The highest BCUT2D eigenvalue weighted by Crippen LogP contribution is 2.13. The summed E-state index contributed by atoms with van der Waals surface area (Å²) in [6.07, 6.45) is 2.09. The zero-order valence-corrected chi connectivity index (χ0v) is 14.9. The fraction of sp³-hybridized carbons (Fsp3) is 0.353.